The maximum Gasteiger partial charge on any atom is 0.416 e. The number of nitrogens with zero attached hydrogens (tertiary/aromatic N) is 1. The van der Waals surface area contributed by atoms with E-state index in [4.69, 9.17) is 0 Å². The molecule has 0 saturated heterocycles. The fourth-order valence-electron chi connectivity index (χ4n) is 2.49. The molecule has 3 aromatic rings. The number of thiazole rings is 1. The Hall–Kier alpha value is -2.84. The lowest BCUT2D eigenvalue weighted by Gasteiger charge is -2.08. The standard InChI is InChI=1S/C18H11F4N2O3PS.C2H6/c19-10-5-2-6-11(28)12(10)15(25)24-17-23-13(16(26)27)14(29-17)8-3-1-4-9(7-8)18(20,21)22;1-2/h1-7H,28H2,(H,26,27)(H,23,24,25);1-2H3. The topological polar surface area (TPSA) is 79.3 Å². The molecule has 1 atom stereocenters. The smallest absolute Gasteiger partial charge is 0.416 e. The van der Waals surface area contributed by atoms with Gasteiger partial charge in [-0.3, -0.25) is 10.1 Å². The van der Waals surface area contributed by atoms with Crippen molar-refractivity contribution in [3.8, 4) is 10.4 Å². The van der Waals surface area contributed by atoms with E-state index in [-0.39, 0.29) is 26.4 Å². The number of carbonyl (C=O) groups is 2. The van der Waals surface area contributed by atoms with Crippen LogP contribution in [0.5, 0.6) is 0 Å². The Kier molecular flexibility index (Phi) is 7.86. The summed E-state index contributed by atoms with van der Waals surface area (Å²) >= 11 is 0.674. The third-order valence-corrected chi connectivity index (χ3v) is 5.28. The van der Waals surface area contributed by atoms with Gasteiger partial charge in [0, 0.05) is 0 Å². The van der Waals surface area contributed by atoms with Gasteiger partial charge in [-0.15, -0.1) is 9.24 Å². The third-order valence-electron chi connectivity index (χ3n) is 3.78. The van der Waals surface area contributed by atoms with E-state index in [2.05, 4.69) is 19.5 Å². The van der Waals surface area contributed by atoms with E-state index in [1.165, 1.54) is 18.2 Å². The summed E-state index contributed by atoms with van der Waals surface area (Å²) < 4.78 is 52.8. The molecule has 0 aliphatic heterocycles. The Morgan fingerprint density at radius 2 is 1.77 bits per heavy atom. The Morgan fingerprint density at radius 3 is 2.35 bits per heavy atom. The van der Waals surface area contributed by atoms with Gasteiger partial charge < -0.3 is 5.11 Å². The number of nitrogens with one attached hydrogen (secondary N) is 1. The van der Waals surface area contributed by atoms with Crippen LogP contribution in [0.2, 0.25) is 0 Å². The van der Waals surface area contributed by atoms with Crippen molar-refractivity contribution in [2.24, 2.45) is 0 Å². The molecule has 2 aromatic carbocycles. The van der Waals surface area contributed by atoms with E-state index in [0.717, 1.165) is 24.3 Å². The highest BCUT2D eigenvalue weighted by molar-refractivity contribution is 7.27. The molecular formula is C20H17F4N2O3PS. The second-order valence-electron chi connectivity index (χ2n) is 5.74. The van der Waals surface area contributed by atoms with E-state index in [1.807, 2.05) is 13.8 Å². The van der Waals surface area contributed by atoms with Crippen LogP contribution in [0.4, 0.5) is 22.7 Å². The highest BCUT2D eigenvalue weighted by Crippen LogP contribution is 2.37. The first-order chi connectivity index (χ1) is 14.6. The number of anilines is 1. The molecule has 1 amide bonds. The van der Waals surface area contributed by atoms with Crippen molar-refractivity contribution in [2.75, 3.05) is 5.32 Å². The summed E-state index contributed by atoms with van der Waals surface area (Å²) in [6.45, 7) is 4.00. The number of aromatic nitrogens is 1. The first kappa shape index (κ1) is 24.4. The molecule has 0 spiro atoms. The van der Waals surface area contributed by atoms with Crippen LogP contribution in [-0.4, -0.2) is 22.0 Å². The number of carbonyl (C=O) groups excluding carboxylic acids is 1. The Balaban J connectivity index is 0.00000166. The highest BCUT2D eigenvalue weighted by atomic mass is 32.1. The van der Waals surface area contributed by atoms with E-state index < -0.39 is 35.1 Å². The van der Waals surface area contributed by atoms with Crippen molar-refractivity contribution in [2.45, 2.75) is 20.0 Å². The monoisotopic (exact) mass is 472 g/mol. The van der Waals surface area contributed by atoms with Crippen molar-refractivity contribution >= 4 is 42.9 Å². The highest BCUT2D eigenvalue weighted by Gasteiger charge is 2.31. The van der Waals surface area contributed by atoms with Gasteiger partial charge in [0.1, 0.15) is 5.82 Å². The molecular weight excluding hydrogens is 455 g/mol. The van der Waals surface area contributed by atoms with Crippen LogP contribution in [0, 0.1) is 5.82 Å². The molecule has 1 unspecified atom stereocenters. The summed E-state index contributed by atoms with van der Waals surface area (Å²) in [7, 11) is 2.20. The van der Waals surface area contributed by atoms with Crippen LogP contribution < -0.4 is 10.6 Å². The summed E-state index contributed by atoms with van der Waals surface area (Å²) in [4.78, 5) is 27.6. The molecule has 0 radical (unpaired) electrons. The minimum absolute atomic E-state index is 0.0205. The van der Waals surface area contributed by atoms with Gasteiger partial charge in [-0.25, -0.2) is 14.2 Å². The number of aromatic carboxylic acids is 1. The minimum atomic E-state index is -4.61. The molecule has 11 heteroatoms. The fraction of sp³-hybridized carbons (Fsp3) is 0.150. The second kappa shape index (κ2) is 9.98. The minimum Gasteiger partial charge on any atom is -0.476 e. The summed E-state index contributed by atoms with van der Waals surface area (Å²) in [5, 5.41) is 11.7. The second-order valence-corrected chi connectivity index (χ2v) is 7.36. The van der Waals surface area contributed by atoms with Gasteiger partial charge in [0.2, 0.25) is 0 Å². The van der Waals surface area contributed by atoms with Crippen molar-refractivity contribution in [3.63, 3.8) is 0 Å². The zero-order valence-corrected chi connectivity index (χ0v) is 18.2. The van der Waals surface area contributed by atoms with Gasteiger partial charge in [0.15, 0.2) is 10.8 Å². The maximum absolute atomic E-state index is 13.9. The number of halogens is 4. The lowest BCUT2D eigenvalue weighted by molar-refractivity contribution is -0.137. The predicted molar refractivity (Wildman–Crippen MR) is 115 cm³/mol. The first-order valence-corrected chi connectivity index (χ1v) is 10.2. The van der Waals surface area contributed by atoms with Gasteiger partial charge in [-0.1, -0.05) is 49.4 Å². The SMILES string of the molecule is CC.O=C(O)c1nc(NC(=O)c2c(F)cccc2P)sc1-c1cccc(C(F)(F)F)c1. The summed E-state index contributed by atoms with van der Waals surface area (Å²) in [6, 6.07) is 8.07. The van der Waals surface area contributed by atoms with Crippen molar-refractivity contribution in [3.05, 3.63) is 65.1 Å². The average molecular weight is 472 g/mol. The molecule has 1 aromatic heterocycles. The Morgan fingerprint density at radius 1 is 1.13 bits per heavy atom. The molecule has 3 rings (SSSR count). The summed E-state index contributed by atoms with van der Waals surface area (Å²) in [5.41, 5.74) is -1.77. The summed E-state index contributed by atoms with van der Waals surface area (Å²) in [6.07, 6.45) is -4.61. The van der Waals surface area contributed by atoms with Gasteiger partial charge in [0.25, 0.3) is 5.91 Å². The van der Waals surface area contributed by atoms with Crippen molar-refractivity contribution in [1.29, 1.82) is 0 Å². The van der Waals surface area contributed by atoms with Crippen LogP contribution in [0.1, 0.15) is 40.3 Å². The molecule has 2 N–H and O–H groups in total. The fourth-order valence-corrected chi connectivity index (χ4v) is 3.82. The number of rotatable bonds is 4. The predicted octanol–water partition coefficient (Wildman–Crippen LogP) is 5.45. The largest absolute Gasteiger partial charge is 0.476 e. The van der Waals surface area contributed by atoms with Crippen molar-refractivity contribution < 1.29 is 32.3 Å². The third kappa shape index (κ3) is 5.65. The van der Waals surface area contributed by atoms with Crippen LogP contribution in [0.25, 0.3) is 10.4 Å². The molecule has 0 fully saturated rings. The van der Waals surface area contributed by atoms with Crippen LogP contribution in [0.15, 0.2) is 42.5 Å². The number of carboxylic acids is 1. The average Bonchev–Trinajstić information content (AvgIpc) is 3.13. The Bertz CT molecular complexity index is 1100. The van der Waals surface area contributed by atoms with E-state index >= 15 is 0 Å². The van der Waals surface area contributed by atoms with Gasteiger partial charge in [0.05, 0.1) is 16.0 Å². The summed E-state index contributed by atoms with van der Waals surface area (Å²) in [5.74, 6) is -3.13. The van der Waals surface area contributed by atoms with Crippen LogP contribution in [-0.2, 0) is 6.18 Å². The lowest BCUT2D eigenvalue weighted by atomic mass is 10.1. The quantitative estimate of drug-likeness (QED) is 0.391. The maximum atomic E-state index is 13.9. The number of hydrogen-bond donors (Lipinski definition) is 2. The lowest BCUT2D eigenvalue weighted by Crippen LogP contribution is -2.20. The molecule has 0 saturated carbocycles. The zero-order valence-electron chi connectivity index (χ0n) is 16.2. The normalized spacial score (nSPS) is 10.8. The number of carboxylic acid groups (broad SMARTS) is 1. The number of alkyl halides is 3. The zero-order chi connectivity index (χ0) is 23.3. The van der Waals surface area contributed by atoms with Crippen LogP contribution in [0.3, 0.4) is 0 Å². The molecule has 0 bridgehead atoms. The van der Waals surface area contributed by atoms with Gasteiger partial charge >= 0.3 is 12.1 Å². The molecule has 1 heterocycles. The van der Waals surface area contributed by atoms with Gasteiger partial charge in [-0.05, 0) is 29.1 Å². The number of benzene rings is 2. The first-order valence-electron chi connectivity index (χ1n) is 8.85. The van der Waals surface area contributed by atoms with E-state index in [9.17, 15) is 32.3 Å². The molecule has 0 aliphatic carbocycles. The van der Waals surface area contributed by atoms with Gasteiger partial charge in [-0.2, -0.15) is 13.2 Å². The molecule has 31 heavy (non-hydrogen) atoms. The Labute approximate surface area is 181 Å². The molecule has 0 aliphatic rings. The van der Waals surface area contributed by atoms with Crippen molar-refractivity contribution in [1.82, 2.24) is 4.98 Å². The number of amides is 1. The van der Waals surface area contributed by atoms with Crippen LogP contribution >= 0.6 is 20.6 Å². The van der Waals surface area contributed by atoms with E-state index in [1.54, 1.807) is 0 Å². The molecule has 164 valence electrons. The van der Waals surface area contributed by atoms with E-state index in [0.29, 0.717) is 11.3 Å². The number of hydrogen-bond acceptors (Lipinski definition) is 4. The molecule has 5 nitrogen and oxygen atoms in total.